The monoisotopic (exact) mass is 416 g/mol. The fourth-order valence-electron chi connectivity index (χ4n) is 3.03. The highest BCUT2D eigenvalue weighted by molar-refractivity contribution is 5.89. The van der Waals surface area contributed by atoms with Gasteiger partial charge in [-0.05, 0) is 51.8 Å². The molecule has 1 aromatic rings. The summed E-state index contributed by atoms with van der Waals surface area (Å²) in [6.45, 7) is 10.8. The first kappa shape index (κ1) is 22.5. The summed E-state index contributed by atoms with van der Waals surface area (Å²) >= 11 is 0. The predicted octanol–water partition coefficient (Wildman–Crippen LogP) is 3.94. The van der Waals surface area contributed by atoms with Gasteiger partial charge in [0.05, 0.1) is 36.9 Å². The average Bonchev–Trinajstić information content (AvgIpc) is 3.64. The molecule has 0 spiro atoms. The zero-order chi connectivity index (χ0) is 21.8. The first-order chi connectivity index (χ1) is 14.2. The molecule has 2 aliphatic rings. The number of ether oxygens (including phenoxy) is 4. The Morgan fingerprint density at radius 2 is 1.90 bits per heavy atom. The van der Waals surface area contributed by atoms with Gasteiger partial charge in [-0.1, -0.05) is 24.8 Å². The molecule has 0 N–H and O–H groups in total. The lowest BCUT2D eigenvalue weighted by Gasteiger charge is -2.27. The van der Waals surface area contributed by atoms with Gasteiger partial charge in [0.25, 0.3) is 0 Å². The zero-order valence-electron chi connectivity index (χ0n) is 18.1. The molecule has 0 amide bonds. The molecule has 3 atom stereocenters. The fourth-order valence-corrected chi connectivity index (χ4v) is 3.03. The van der Waals surface area contributed by atoms with Crippen LogP contribution in [0.3, 0.4) is 0 Å². The van der Waals surface area contributed by atoms with E-state index in [4.69, 9.17) is 18.9 Å². The van der Waals surface area contributed by atoms with E-state index in [0.29, 0.717) is 31.8 Å². The van der Waals surface area contributed by atoms with Crippen LogP contribution >= 0.6 is 0 Å². The van der Waals surface area contributed by atoms with Crippen LogP contribution in [0.5, 0.6) is 0 Å². The van der Waals surface area contributed by atoms with E-state index in [2.05, 4.69) is 6.58 Å². The van der Waals surface area contributed by atoms with Crippen LogP contribution in [-0.4, -0.2) is 50.1 Å². The van der Waals surface area contributed by atoms with Gasteiger partial charge in [0, 0.05) is 11.8 Å². The van der Waals surface area contributed by atoms with Gasteiger partial charge in [0.15, 0.2) is 0 Å². The van der Waals surface area contributed by atoms with E-state index in [1.807, 2.05) is 26.8 Å². The number of hydrogen-bond donors (Lipinski definition) is 0. The van der Waals surface area contributed by atoms with Gasteiger partial charge in [-0.15, -0.1) is 0 Å². The summed E-state index contributed by atoms with van der Waals surface area (Å²) in [5, 5.41) is 0. The third-order valence-corrected chi connectivity index (χ3v) is 5.43. The van der Waals surface area contributed by atoms with Crippen LogP contribution in [0.1, 0.15) is 50.4 Å². The van der Waals surface area contributed by atoms with E-state index in [9.17, 15) is 9.59 Å². The largest absolute Gasteiger partial charge is 0.465 e. The summed E-state index contributed by atoms with van der Waals surface area (Å²) in [5.74, 6) is -0.622. The normalized spacial score (nSPS) is 21.2. The van der Waals surface area contributed by atoms with Crippen molar-refractivity contribution in [2.75, 3.05) is 19.8 Å². The van der Waals surface area contributed by atoms with Gasteiger partial charge >= 0.3 is 11.9 Å². The second-order valence-electron chi connectivity index (χ2n) is 9.34. The quantitative estimate of drug-likeness (QED) is 0.309. The van der Waals surface area contributed by atoms with Crippen LogP contribution in [0, 0.1) is 10.8 Å². The zero-order valence-corrected chi connectivity index (χ0v) is 18.1. The van der Waals surface area contributed by atoms with Gasteiger partial charge in [0.2, 0.25) is 0 Å². The predicted molar refractivity (Wildman–Crippen MR) is 112 cm³/mol. The van der Waals surface area contributed by atoms with Crippen molar-refractivity contribution in [2.24, 2.45) is 10.8 Å². The molecule has 0 radical (unpaired) electrons. The number of carbonyl (C=O) groups is 2. The van der Waals surface area contributed by atoms with Crippen LogP contribution in [0.4, 0.5) is 0 Å². The van der Waals surface area contributed by atoms with Gasteiger partial charge in [-0.3, -0.25) is 4.79 Å². The molecule has 1 heterocycles. The Labute approximate surface area is 178 Å². The second kappa shape index (κ2) is 9.31. The summed E-state index contributed by atoms with van der Waals surface area (Å²) in [4.78, 5) is 24.6. The van der Waals surface area contributed by atoms with Crippen LogP contribution < -0.4 is 0 Å². The van der Waals surface area contributed by atoms with E-state index in [0.717, 1.165) is 12.8 Å². The smallest absolute Gasteiger partial charge is 0.338 e. The molecular weight excluding hydrogens is 384 g/mol. The Kier molecular flexibility index (Phi) is 6.98. The summed E-state index contributed by atoms with van der Waals surface area (Å²) in [6.07, 6.45) is 3.28. The van der Waals surface area contributed by atoms with Crippen molar-refractivity contribution in [2.45, 2.75) is 58.3 Å². The van der Waals surface area contributed by atoms with E-state index in [-0.39, 0.29) is 23.6 Å². The maximum atomic E-state index is 12.5. The van der Waals surface area contributed by atoms with E-state index >= 15 is 0 Å². The van der Waals surface area contributed by atoms with Gasteiger partial charge in [-0.2, -0.15) is 0 Å². The van der Waals surface area contributed by atoms with E-state index in [1.165, 1.54) is 0 Å². The SMILES string of the molecule is C=C[C@@H](OC(=O)c1ccccc1)[C@H](CC1CO1)OCC1(COC(=O)C(C)(C)C)CC1. The lowest BCUT2D eigenvalue weighted by atomic mass is 9.97. The molecule has 1 unspecified atom stereocenters. The van der Waals surface area contributed by atoms with Crippen molar-refractivity contribution in [3.63, 3.8) is 0 Å². The molecule has 1 aromatic carbocycles. The summed E-state index contributed by atoms with van der Waals surface area (Å²) in [5.41, 5.74) is -0.195. The van der Waals surface area contributed by atoms with Crippen LogP contribution in [0.15, 0.2) is 43.0 Å². The number of carbonyl (C=O) groups excluding carboxylic acids is 2. The van der Waals surface area contributed by atoms with Crippen molar-refractivity contribution in [3.8, 4) is 0 Å². The molecule has 164 valence electrons. The maximum Gasteiger partial charge on any atom is 0.338 e. The van der Waals surface area contributed by atoms with Crippen molar-refractivity contribution in [3.05, 3.63) is 48.6 Å². The first-order valence-electron chi connectivity index (χ1n) is 10.5. The number of benzene rings is 1. The Morgan fingerprint density at radius 1 is 1.23 bits per heavy atom. The van der Waals surface area contributed by atoms with Gasteiger partial charge < -0.3 is 18.9 Å². The molecule has 0 aromatic heterocycles. The third kappa shape index (κ3) is 6.41. The topological polar surface area (TPSA) is 74.4 Å². The molecule has 30 heavy (non-hydrogen) atoms. The molecule has 1 aliphatic carbocycles. The number of epoxide rings is 1. The minimum atomic E-state index is -0.588. The first-order valence-corrected chi connectivity index (χ1v) is 10.5. The minimum Gasteiger partial charge on any atom is -0.465 e. The number of rotatable bonds is 11. The number of hydrogen-bond acceptors (Lipinski definition) is 6. The Balaban J connectivity index is 1.57. The molecule has 3 rings (SSSR count). The van der Waals surface area contributed by atoms with Gasteiger partial charge in [0.1, 0.15) is 12.2 Å². The Hall–Kier alpha value is -2.18. The molecule has 1 saturated carbocycles. The van der Waals surface area contributed by atoms with Crippen LogP contribution in [0.2, 0.25) is 0 Å². The van der Waals surface area contributed by atoms with Crippen molar-refractivity contribution in [1.82, 2.24) is 0 Å². The van der Waals surface area contributed by atoms with Crippen LogP contribution in [0.25, 0.3) is 0 Å². The number of esters is 2. The third-order valence-electron chi connectivity index (χ3n) is 5.43. The second-order valence-corrected chi connectivity index (χ2v) is 9.34. The lowest BCUT2D eigenvalue weighted by Crippen LogP contribution is -2.36. The standard InChI is InChI=1S/C24H32O6/c1-5-19(30-21(25)17-9-7-6-8-10-17)20(13-18-14-27-18)28-15-24(11-12-24)16-29-22(26)23(2,3)4/h5-10,18-20H,1,11-16H2,2-4H3/t18?,19-,20+/m1/s1. The van der Waals surface area contributed by atoms with E-state index < -0.39 is 17.5 Å². The highest BCUT2D eigenvalue weighted by Gasteiger charge is 2.46. The van der Waals surface area contributed by atoms with Crippen LogP contribution in [-0.2, 0) is 23.7 Å². The molecule has 1 saturated heterocycles. The maximum absolute atomic E-state index is 12.5. The molecular formula is C24H32O6. The molecule has 6 heteroatoms. The molecule has 0 bridgehead atoms. The lowest BCUT2D eigenvalue weighted by molar-refractivity contribution is -0.156. The van der Waals surface area contributed by atoms with Crippen molar-refractivity contribution in [1.29, 1.82) is 0 Å². The summed E-state index contributed by atoms with van der Waals surface area (Å²) < 4.78 is 22.8. The minimum absolute atomic E-state index is 0.113. The summed E-state index contributed by atoms with van der Waals surface area (Å²) in [6, 6.07) is 8.86. The molecule has 1 aliphatic heterocycles. The Morgan fingerprint density at radius 3 is 2.43 bits per heavy atom. The highest BCUT2D eigenvalue weighted by Crippen LogP contribution is 2.47. The molecule has 2 fully saturated rings. The van der Waals surface area contributed by atoms with Crippen molar-refractivity contribution < 1.29 is 28.5 Å². The summed E-state index contributed by atoms with van der Waals surface area (Å²) in [7, 11) is 0. The highest BCUT2D eigenvalue weighted by atomic mass is 16.6. The molecule has 6 nitrogen and oxygen atoms in total. The van der Waals surface area contributed by atoms with Gasteiger partial charge in [-0.25, -0.2) is 4.79 Å². The Bertz CT molecular complexity index is 743. The average molecular weight is 417 g/mol. The van der Waals surface area contributed by atoms with Crippen molar-refractivity contribution >= 4 is 11.9 Å². The van der Waals surface area contributed by atoms with E-state index in [1.54, 1.807) is 30.3 Å². The fraction of sp³-hybridized carbons (Fsp3) is 0.583.